The van der Waals surface area contributed by atoms with E-state index in [2.05, 4.69) is 5.32 Å². The molecular weight excluding hydrogens is 242 g/mol. The minimum Gasteiger partial charge on any atom is -0.542 e. The second-order valence-corrected chi connectivity index (χ2v) is 3.85. The largest absolute Gasteiger partial charge is 0.542 e. The first-order chi connectivity index (χ1) is 8.15. The second-order valence-electron chi connectivity index (χ2n) is 3.41. The summed E-state index contributed by atoms with van der Waals surface area (Å²) >= 11 is 5.75. The van der Waals surface area contributed by atoms with E-state index in [0.29, 0.717) is 17.3 Å². The molecule has 0 amide bonds. The minimum atomic E-state index is -1.32. The molecule has 88 valence electrons. The normalized spacial score (nSPS) is 10.2. The quantitative estimate of drug-likeness (QED) is 0.900. The fraction of sp³-hybridized carbons (Fsp3) is 0.0833. The van der Waals surface area contributed by atoms with Gasteiger partial charge in [0.25, 0.3) is 0 Å². The number of hydrogen-bond donors (Lipinski definition) is 1. The summed E-state index contributed by atoms with van der Waals surface area (Å²) in [6.45, 7) is 0.398. The minimum absolute atomic E-state index is 0.169. The number of rotatable bonds is 4. The lowest BCUT2D eigenvalue weighted by molar-refractivity contribution is -0.257. The van der Waals surface area contributed by atoms with E-state index in [4.69, 9.17) is 16.0 Å². The molecule has 4 nitrogen and oxygen atoms in total. The summed E-state index contributed by atoms with van der Waals surface area (Å²) in [5.41, 5.74) is 0.876. The highest BCUT2D eigenvalue weighted by atomic mass is 35.5. The summed E-state index contributed by atoms with van der Waals surface area (Å²) in [5, 5.41) is 14.2. The standard InChI is InChI=1S/C12H10ClNO3/c13-8-1-3-9(4-2-8)14-7-10-5-6-11(17-10)12(15)16/h1-6,14H,7H2,(H,15,16)/p-1. The van der Waals surface area contributed by atoms with Crippen molar-refractivity contribution in [3.63, 3.8) is 0 Å². The zero-order valence-electron chi connectivity index (χ0n) is 8.77. The van der Waals surface area contributed by atoms with Gasteiger partial charge in [-0.3, -0.25) is 0 Å². The van der Waals surface area contributed by atoms with Crippen molar-refractivity contribution in [1.82, 2.24) is 0 Å². The fourth-order valence-electron chi connectivity index (χ4n) is 1.34. The molecule has 0 aliphatic heterocycles. The number of carbonyl (C=O) groups is 1. The average molecular weight is 251 g/mol. The topological polar surface area (TPSA) is 65.3 Å². The van der Waals surface area contributed by atoms with Crippen LogP contribution in [0.1, 0.15) is 16.3 Å². The van der Waals surface area contributed by atoms with Crippen LogP contribution in [-0.4, -0.2) is 5.97 Å². The highest BCUT2D eigenvalue weighted by Crippen LogP contribution is 2.15. The SMILES string of the molecule is O=C([O-])c1ccc(CNc2ccc(Cl)cc2)o1. The summed E-state index contributed by atoms with van der Waals surface area (Å²) in [6.07, 6.45) is 0. The van der Waals surface area contributed by atoms with Gasteiger partial charge in [-0.05, 0) is 36.4 Å². The van der Waals surface area contributed by atoms with E-state index >= 15 is 0 Å². The maximum Gasteiger partial charge on any atom is 0.149 e. The van der Waals surface area contributed by atoms with Crippen LogP contribution in [0, 0.1) is 0 Å². The van der Waals surface area contributed by atoms with Gasteiger partial charge in [0, 0.05) is 10.7 Å². The van der Waals surface area contributed by atoms with E-state index in [1.807, 2.05) is 12.1 Å². The van der Waals surface area contributed by atoms with Gasteiger partial charge < -0.3 is 19.6 Å². The number of nitrogens with one attached hydrogen (secondary N) is 1. The Morgan fingerprint density at radius 3 is 2.53 bits per heavy atom. The molecule has 0 atom stereocenters. The van der Waals surface area contributed by atoms with Gasteiger partial charge in [-0.15, -0.1) is 0 Å². The lowest BCUT2D eigenvalue weighted by Crippen LogP contribution is -2.21. The first kappa shape index (κ1) is 11.5. The molecule has 17 heavy (non-hydrogen) atoms. The molecule has 1 N–H and O–H groups in total. The van der Waals surface area contributed by atoms with Crippen LogP contribution in [0.4, 0.5) is 5.69 Å². The summed E-state index contributed by atoms with van der Waals surface area (Å²) < 4.78 is 5.04. The molecule has 1 aromatic carbocycles. The first-order valence-electron chi connectivity index (χ1n) is 4.94. The molecule has 0 fully saturated rings. The Morgan fingerprint density at radius 1 is 1.24 bits per heavy atom. The summed E-state index contributed by atoms with van der Waals surface area (Å²) in [6, 6.07) is 10.1. The predicted molar refractivity (Wildman–Crippen MR) is 61.8 cm³/mol. The number of anilines is 1. The number of hydrogen-bond acceptors (Lipinski definition) is 4. The molecule has 0 aliphatic carbocycles. The van der Waals surface area contributed by atoms with Gasteiger partial charge in [0.15, 0.2) is 0 Å². The molecule has 1 aromatic heterocycles. The molecule has 0 unspecified atom stereocenters. The number of benzene rings is 1. The summed E-state index contributed by atoms with van der Waals surface area (Å²) in [4.78, 5) is 10.5. The van der Waals surface area contributed by atoms with Crippen molar-refractivity contribution in [1.29, 1.82) is 0 Å². The monoisotopic (exact) mass is 250 g/mol. The van der Waals surface area contributed by atoms with Crippen molar-refractivity contribution >= 4 is 23.3 Å². The van der Waals surface area contributed by atoms with Crippen molar-refractivity contribution in [3.8, 4) is 0 Å². The molecule has 2 aromatic rings. The maximum atomic E-state index is 10.5. The Balaban J connectivity index is 1.97. The zero-order valence-corrected chi connectivity index (χ0v) is 9.53. The average Bonchev–Trinajstić information content (AvgIpc) is 2.77. The Hall–Kier alpha value is -1.94. The molecule has 0 aliphatic rings. The first-order valence-corrected chi connectivity index (χ1v) is 5.32. The van der Waals surface area contributed by atoms with Crippen LogP contribution in [0.25, 0.3) is 0 Å². The van der Waals surface area contributed by atoms with Crippen LogP contribution in [0.5, 0.6) is 0 Å². The lowest BCUT2D eigenvalue weighted by atomic mass is 10.3. The Labute approximate surface area is 103 Å². The van der Waals surface area contributed by atoms with E-state index in [1.54, 1.807) is 18.2 Å². The van der Waals surface area contributed by atoms with Gasteiger partial charge in [-0.25, -0.2) is 0 Å². The third kappa shape index (κ3) is 3.01. The smallest absolute Gasteiger partial charge is 0.149 e. The van der Waals surface area contributed by atoms with Gasteiger partial charge >= 0.3 is 0 Å². The molecule has 0 radical (unpaired) electrons. The predicted octanol–water partition coefficient (Wildman–Crippen LogP) is 1.91. The van der Waals surface area contributed by atoms with Crippen molar-refractivity contribution in [2.45, 2.75) is 6.54 Å². The molecule has 1 heterocycles. The lowest BCUT2D eigenvalue weighted by Gasteiger charge is -2.04. The van der Waals surface area contributed by atoms with Gasteiger partial charge in [0.2, 0.25) is 0 Å². The van der Waals surface area contributed by atoms with Crippen LogP contribution in [0.3, 0.4) is 0 Å². The summed E-state index contributed by atoms with van der Waals surface area (Å²) in [5.74, 6) is -0.959. The van der Waals surface area contributed by atoms with Gasteiger partial charge in [0.05, 0.1) is 6.54 Å². The highest BCUT2D eigenvalue weighted by molar-refractivity contribution is 6.30. The summed E-state index contributed by atoms with van der Waals surface area (Å²) in [7, 11) is 0. The fourth-order valence-corrected chi connectivity index (χ4v) is 1.47. The van der Waals surface area contributed by atoms with E-state index in [1.165, 1.54) is 6.07 Å². The molecule has 0 saturated carbocycles. The molecule has 5 heteroatoms. The zero-order chi connectivity index (χ0) is 12.3. The third-order valence-corrected chi connectivity index (χ3v) is 2.43. The van der Waals surface area contributed by atoms with Crippen LogP contribution in [-0.2, 0) is 6.54 Å². The molecule has 2 rings (SSSR count). The Morgan fingerprint density at radius 2 is 1.94 bits per heavy atom. The molecule has 0 bridgehead atoms. The molecular formula is C12H9ClNO3-. The van der Waals surface area contributed by atoms with Crippen LogP contribution in [0.15, 0.2) is 40.8 Å². The van der Waals surface area contributed by atoms with Crippen LogP contribution < -0.4 is 10.4 Å². The number of halogens is 1. The van der Waals surface area contributed by atoms with E-state index < -0.39 is 5.97 Å². The van der Waals surface area contributed by atoms with Crippen LogP contribution >= 0.6 is 11.6 Å². The number of carboxylic acid groups (broad SMARTS) is 1. The van der Waals surface area contributed by atoms with Gasteiger partial charge in [-0.2, -0.15) is 0 Å². The number of aromatic carboxylic acids is 1. The van der Waals surface area contributed by atoms with Crippen molar-refractivity contribution in [2.75, 3.05) is 5.32 Å². The second kappa shape index (κ2) is 4.93. The van der Waals surface area contributed by atoms with Crippen LogP contribution in [0.2, 0.25) is 5.02 Å². The Kier molecular flexibility index (Phi) is 3.35. The highest BCUT2D eigenvalue weighted by Gasteiger charge is 2.02. The van der Waals surface area contributed by atoms with E-state index in [9.17, 15) is 9.90 Å². The Bertz CT molecular complexity index is 519. The van der Waals surface area contributed by atoms with Gasteiger partial charge in [-0.1, -0.05) is 11.6 Å². The van der Waals surface area contributed by atoms with Crippen molar-refractivity contribution < 1.29 is 14.3 Å². The maximum absolute atomic E-state index is 10.5. The number of carboxylic acids is 1. The molecule has 0 saturated heterocycles. The van der Waals surface area contributed by atoms with Crippen molar-refractivity contribution in [2.24, 2.45) is 0 Å². The number of furan rings is 1. The number of carbonyl (C=O) groups excluding carboxylic acids is 1. The van der Waals surface area contributed by atoms with E-state index in [-0.39, 0.29) is 5.76 Å². The van der Waals surface area contributed by atoms with E-state index in [0.717, 1.165) is 5.69 Å². The third-order valence-electron chi connectivity index (χ3n) is 2.17. The molecule has 0 spiro atoms. The van der Waals surface area contributed by atoms with Crippen molar-refractivity contribution in [3.05, 3.63) is 52.9 Å². The van der Waals surface area contributed by atoms with Gasteiger partial charge in [0.1, 0.15) is 17.5 Å².